The molecular formula is C21H32N4O2. The molecule has 1 aromatic carbocycles. The monoisotopic (exact) mass is 372 g/mol. The number of hydrogen-bond donors (Lipinski definition) is 3. The maximum absolute atomic E-state index is 12.4. The molecule has 0 radical (unpaired) electrons. The van der Waals surface area contributed by atoms with Crippen molar-refractivity contribution in [1.29, 1.82) is 0 Å². The standard InChI is InChI=1S/C21H32N4O2/c1-15(16-7-4-3-5-8-16)25-13-11-17(12-14-25)23-21(27)24-19-10-6-9-18(19)20(26)22-2/h3-5,7-8,15,17-19H,6,9-14H2,1-2H3,(H,22,26)(H2,23,24,27). The molecule has 2 aliphatic rings. The summed E-state index contributed by atoms with van der Waals surface area (Å²) in [5.74, 6) is -0.0738. The number of urea groups is 1. The van der Waals surface area contributed by atoms with Crippen LogP contribution in [0.1, 0.15) is 50.6 Å². The Hall–Kier alpha value is -2.08. The van der Waals surface area contributed by atoms with Gasteiger partial charge in [-0.15, -0.1) is 0 Å². The maximum Gasteiger partial charge on any atom is 0.315 e. The van der Waals surface area contributed by atoms with E-state index < -0.39 is 0 Å². The van der Waals surface area contributed by atoms with Crippen LogP contribution in [0.25, 0.3) is 0 Å². The van der Waals surface area contributed by atoms with Crippen molar-refractivity contribution in [1.82, 2.24) is 20.9 Å². The normalized spacial score (nSPS) is 25.0. The third-order valence-corrected chi connectivity index (χ3v) is 6.11. The van der Waals surface area contributed by atoms with Crippen LogP contribution >= 0.6 is 0 Å². The van der Waals surface area contributed by atoms with Gasteiger partial charge in [-0.25, -0.2) is 4.79 Å². The van der Waals surface area contributed by atoms with Gasteiger partial charge in [-0.2, -0.15) is 0 Å². The minimum atomic E-state index is -0.134. The smallest absolute Gasteiger partial charge is 0.315 e. The van der Waals surface area contributed by atoms with E-state index >= 15 is 0 Å². The summed E-state index contributed by atoms with van der Waals surface area (Å²) < 4.78 is 0. The molecule has 6 nitrogen and oxygen atoms in total. The van der Waals surface area contributed by atoms with Gasteiger partial charge in [-0.1, -0.05) is 36.8 Å². The molecule has 1 aromatic rings. The fourth-order valence-electron chi connectivity index (χ4n) is 4.40. The molecule has 3 unspecified atom stereocenters. The van der Waals surface area contributed by atoms with E-state index in [1.807, 2.05) is 6.07 Å². The van der Waals surface area contributed by atoms with Gasteiger partial charge in [-0.3, -0.25) is 9.69 Å². The van der Waals surface area contributed by atoms with E-state index in [9.17, 15) is 9.59 Å². The van der Waals surface area contributed by atoms with E-state index in [-0.39, 0.29) is 29.9 Å². The van der Waals surface area contributed by atoms with Crippen LogP contribution < -0.4 is 16.0 Å². The lowest BCUT2D eigenvalue weighted by Gasteiger charge is -2.36. The second-order valence-electron chi connectivity index (χ2n) is 7.77. The first kappa shape index (κ1) is 19.7. The third-order valence-electron chi connectivity index (χ3n) is 6.11. The molecule has 3 N–H and O–H groups in total. The summed E-state index contributed by atoms with van der Waals surface area (Å²) in [6.07, 6.45) is 4.61. The minimum absolute atomic E-state index is 0.0287. The van der Waals surface area contributed by atoms with Gasteiger partial charge >= 0.3 is 6.03 Å². The van der Waals surface area contributed by atoms with Crippen LogP contribution in [-0.2, 0) is 4.79 Å². The summed E-state index contributed by atoms with van der Waals surface area (Å²) >= 11 is 0. The molecule has 0 spiro atoms. The Labute approximate surface area is 162 Å². The summed E-state index contributed by atoms with van der Waals surface area (Å²) in [6, 6.07) is 11.0. The number of amides is 3. The van der Waals surface area contributed by atoms with Gasteiger partial charge in [0.25, 0.3) is 0 Å². The first-order valence-electron chi connectivity index (χ1n) is 10.2. The van der Waals surface area contributed by atoms with Crippen LogP contribution in [0, 0.1) is 5.92 Å². The number of benzene rings is 1. The van der Waals surface area contributed by atoms with Crippen molar-refractivity contribution in [2.24, 2.45) is 5.92 Å². The van der Waals surface area contributed by atoms with Crippen LogP contribution in [0.15, 0.2) is 30.3 Å². The molecule has 3 atom stereocenters. The number of likely N-dealkylation sites (tertiary alicyclic amines) is 1. The number of nitrogens with zero attached hydrogens (tertiary/aromatic N) is 1. The van der Waals surface area contributed by atoms with Gasteiger partial charge in [0, 0.05) is 38.3 Å². The maximum atomic E-state index is 12.4. The average molecular weight is 373 g/mol. The van der Waals surface area contributed by atoms with E-state index in [0.717, 1.165) is 45.2 Å². The molecule has 0 bridgehead atoms. The Morgan fingerprint density at radius 3 is 2.41 bits per heavy atom. The Kier molecular flexibility index (Phi) is 6.72. The average Bonchev–Trinajstić information content (AvgIpc) is 3.16. The summed E-state index contributed by atoms with van der Waals surface area (Å²) in [5.41, 5.74) is 1.34. The molecular weight excluding hydrogens is 340 g/mol. The first-order valence-corrected chi connectivity index (χ1v) is 10.2. The van der Waals surface area contributed by atoms with Crippen molar-refractivity contribution in [3.05, 3.63) is 35.9 Å². The fourth-order valence-corrected chi connectivity index (χ4v) is 4.40. The second kappa shape index (κ2) is 9.22. The van der Waals surface area contributed by atoms with E-state index in [4.69, 9.17) is 0 Å². The van der Waals surface area contributed by atoms with Crippen molar-refractivity contribution in [3.63, 3.8) is 0 Å². The Morgan fingerprint density at radius 1 is 1.04 bits per heavy atom. The van der Waals surface area contributed by atoms with Crippen molar-refractivity contribution in [2.45, 2.75) is 57.2 Å². The zero-order valence-corrected chi connectivity index (χ0v) is 16.4. The topological polar surface area (TPSA) is 73.5 Å². The summed E-state index contributed by atoms with van der Waals surface area (Å²) in [5, 5.41) is 8.85. The van der Waals surface area contributed by atoms with Gasteiger partial charge in [0.2, 0.25) is 5.91 Å². The van der Waals surface area contributed by atoms with Crippen molar-refractivity contribution in [2.75, 3.05) is 20.1 Å². The third kappa shape index (κ3) is 5.01. The highest BCUT2D eigenvalue weighted by Crippen LogP contribution is 2.26. The Balaban J connectivity index is 1.44. The molecule has 1 saturated carbocycles. The molecule has 3 rings (SSSR count). The molecule has 1 heterocycles. The van der Waals surface area contributed by atoms with Crippen LogP contribution in [0.5, 0.6) is 0 Å². The van der Waals surface area contributed by atoms with Crippen LogP contribution in [0.4, 0.5) is 4.79 Å². The van der Waals surface area contributed by atoms with Gasteiger partial charge in [0.1, 0.15) is 0 Å². The van der Waals surface area contributed by atoms with Crippen LogP contribution in [-0.4, -0.2) is 49.1 Å². The van der Waals surface area contributed by atoms with Gasteiger partial charge in [-0.05, 0) is 38.2 Å². The highest BCUT2D eigenvalue weighted by molar-refractivity contribution is 5.81. The Bertz CT molecular complexity index is 628. The van der Waals surface area contributed by atoms with Crippen LogP contribution in [0.3, 0.4) is 0 Å². The largest absolute Gasteiger partial charge is 0.359 e. The van der Waals surface area contributed by atoms with Crippen molar-refractivity contribution >= 4 is 11.9 Å². The first-order chi connectivity index (χ1) is 13.1. The molecule has 3 amide bonds. The number of hydrogen-bond acceptors (Lipinski definition) is 3. The van der Waals surface area contributed by atoms with Crippen molar-refractivity contribution < 1.29 is 9.59 Å². The van der Waals surface area contributed by atoms with E-state index in [2.05, 4.69) is 52.0 Å². The van der Waals surface area contributed by atoms with Gasteiger partial charge in [0.15, 0.2) is 0 Å². The predicted molar refractivity (Wildman–Crippen MR) is 106 cm³/mol. The molecule has 1 saturated heterocycles. The van der Waals surface area contributed by atoms with Gasteiger partial charge < -0.3 is 16.0 Å². The molecule has 148 valence electrons. The molecule has 1 aliphatic carbocycles. The van der Waals surface area contributed by atoms with Gasteiger partial charge in [0.05, 0.1) is 5.92 Å². The number of rotatable bonds is 5. The lowest BCUT2D eigenvalue weighted by Crippen LogP contribution is -2.52. The summed E-state index contributed by atoms with van der Waals surface area (Å²) in [6.45, 7) is 4.20. The van der Waals surface area contributed by atoms with E-state index in [1.54, 1.807) is 7.05 Å². The number of piperidine rings is 1. The summed E-state index contributed by atoms with van der Waals surface area (Å²) in [4.78, 5) is 26.8. The Morgan fingerprint density at radius 2 is 1.74 bits per heavy atom. The zero-order chi connectivity index (χ0) is 19.2. The number of carbonyl (C=O) groups is 2. The summed E-state index contributed by atoms with van der Waals surface area (Å²) in [7, 11) is 1.65. The van der Waals surface area contributed by atoms with Crippen LogP contribution in [0.2, 0.25) is 0 Å². The predicted octanol–water partition coefficient (Wildman–Crippen LogP) is 2.43. The molecule has 6 heteroatoms. The lowest BCUT2D eigenvalue weighted by molar-refractivity contribution is -0.124. The SMILES string of the molecule is CNC(=O)C1CCCC1NC(=O)NC1CCN(C(C)c2ccccc2)CC1. The highest BCUT2D eigenvalue weighted by Gasteiger charge is 2.34. The fraction of sp³-hybridized carbons (Fsp3) is 0.619. The molecule has 1 aliphatic heterocycles. The quantitative estimate of drug-likeness (QED) is 0.743. The molecule has 2 fully saturated rings. The van der Waals surface area contributed by atoms with E-state index in [1.165, 1.54) is 5.56 Å². The van der Waals surface area contributed by atoms with Crippen molar-refractivity contribution in [3.8, 4) is 0 Å². The zero-order valence-electron chi connectivity index (χ0n) is 16.4. The lowest BCUT2D eigenvalue weighted by atomic mass is 10.00. The number of nitrogens with one attached hydrogen (secondary N) is 3. The second-order valence-corrected chi connectivity index (χ2v) is 7.77. The molecule has 27 heavy (non-hydrogen) atoms. The number of carbonyl (C=O) groups excluding carboxylic acids is 2. The minimum Gasteiger partial charge on any atom is -0.359 e. The van der Waals surface area contributed by atoms with E-state index in [0.29, 0.717) is 6.04 Å². The molecule has 0 aromatic heterocycles. The highest BCUT2D eigenvalue weighted by atomic mass is 16.2.